The summed E-state index contributed by atoms with van der Waals surface area (Å²) in [6.45, 7) is 8.09. The lowest BCUT2D eigenvalue weighted by molar-refractivity contribution is 0.101. The molecule has 0 radical (unpaired) electrons. The maximum atomic E-state index is 11.5. The molecule has 1 aromatic carbocycles. The highest BCUT2D eigenvalue weighted by molar-refractivity contribution is 8.00. The first-order chi connectivity index (χ1) is 9.52. The van der Waals surface area contributed by atoms with Crippen molar-refractivity contribution < 1.29 is 9.53 Å². The number of nitrogens with zero attached hydrogens (tertiary/aromatic N) is 1. The second kappa shape index (κ2) is 6.64. The largest absolute Gasteiger partial charge is 0.496 e. The molecule has 0 amide bonds. The van der Waals surface area contributed by atoms with Gasteiger partial charge in [0, 0.05) is 41.3 Å². The molecule has 2 atom stereocenters. The average Bonchev–Trinajstić information content (AvgIpc) is 2.43. The summed E-state index contributed by atoms with van der Waals surface area (Å²) < 4.78 is 5.44. The monoisotopic (exact) mass is 293 g/mol. The molecule has 1 fully saturated rings. The van der Waals surface area contributed by atoms with Gasteiger partial charge in [-0.2, -0.15) is 11.8 Å². The Labute approximate surface area is 125 Å². The summed E-state index contributed by atoms with van der Waals surface area (Å²) >= 11 is 2.03. The molecule has 0 bridgehead atoms. The van der Waals surface area contributed by atoms with E-state index < -0.39 is 0 Å². The van der Waals surface area contributed by atoms with Crippen molar-refractivity contribution in [2.24, 2.45) is 0 Å². The summed E-state index contributed by atoms with van der Waals surface area (Å²) in [6.07, 6.45) is 0. The zero-order valence-electron chi connectivity index (χ0n) is 12.7. The lowest BCUT2D eigenvalue weighted by Gasteiger charge is -2.37. The number of hydrogen-bond acceptors (Lipinski definition) is 4. The molecule has 2 unspecified atom stereocenters. The Kier molecular flexibility index (Phi) is 5.11. The topological polar surface area (TPSA) is 29.5 Å². The first kappa shape index (κ1) is 15.4. The van der Waals surface area contributed by atoms with E-state index in [0.717, 1.165) is 30.0 Å². The highest BCUT2D eigenvalue weighted by atomic mass is 32.2. The molecule has 0 aliphatic carbocycles. The fraction of sp³-hybridized carbons (Fsp3) is 0.562. The van der Waals surface area contributed by atoms with Crippen LogP contribution < -0.4 is 4.74 Å². The molecule has 1 saturated heterocycles. The van der Waals surface area contributed by atoms with Gasteiger partial charge in [-0.25, -0.2) is 0 Å². The molecule has 1 aliphatic rings. The predicted molar refractivity (Wildman–Crippen MR) is 84.8 cm³/mol. The van der Waals surface area contributed by atoms with Gasteiger partial charge in [0.15, 0.2) is 5.78 Å². The zero-order valence-corrected chi connectivity index (χ0v) is 13.5. The summed E-state index contributed by atoms with van der Waals surface area (Å²) in [4.78, 5) is 14.0. The van der Waals surface area contributed by atoms with Crippen molar-refractivity contribution >= 4 is 17.5 Å². The van der Waals surface area contributed by atoms with Crippen LogP contribution in [0.4, 0.5) is 0 Å². The number of rotatable bonds is 4. The summed E-state index contributed by atoms with van der Waals surface area (Å²) in [7, 11) is 1.68. The third kappa shape index (κ3) is 3.36. The van der Waals surface area contributed by atoms with E-state index in [1.165, 1.54) is 5.75 Å². The lowest BCUT2D eigenvalue weighted by Crippen LogP contribution is -2.44. The third-order valence-electron chi connectivity index (χ3n) is 4.07. The van der Waals surface area contributed by atoms with Crippen molar-refractivity contribution in [2.75, 3.05) is 19.4 Å². The Morgan fingerprint density at radius 3 is 2.85 bits per heavy atom. The van der Waals surface area contributed by atoms with E-state index in [0.29, 0.717) is 11.3 Å². The normalized spacial score (nSPS) is 23.6. The van der Waals surface area contributed by atoms with E-state index in [1.54, 1.807) is 14.0 Å². The van der Waals surface area contributed by atoms with Crippen LogP contribution in [0.3, 0.4) is 0 Å². The second-order valence-corrected chi connectivity index (χ2v) is 6.85. The Balaban J connectivity index is 2.22. The molecular formula is C16H23NO2S. The van der Waals surface area contributed by atoms with Gasteiger partial charge in [0.05, 0.1) is 7.11 Å². The maximum absolute atomic E-state index is 11.5. The van der Waals surface area contributed by atoms with Crippen LogP contribution in [-0.2, 0) is 6.54 Å². The van der Waals surface area contributed by atoms with Crippen LogP contribution in [0.2, 0.25) is 0 Å². The van der Waals surface area contributed by atoms with Crippen LogP contribution >= 0.6 is 11.8 Å². The number of hydrogen-bond donors (Lipinski definition) is 0. The fourth-order valence-electron chi connectivity index (χ4n) is 2.56. The number of benzene rings is 1. The minimum Gasteiger partial charge on any atom is -0.496 e. The highest BCUT2D eigenvalue weighted by Crippen LogP contribution is 2.28. The fourth-order valence-corrected chi connectivity index (χ4v) is 3.72. The van der Waals surface area contributed by atoms with E-state index in [1.807, 2.05) is 30.0 Å². The van der Waals surface area contributed by atoms with Gasteiger partial charge in [-0.05, 0) is 32.0 Å². The molecule has 0 aromatic heterocycles. The number of ketones is 1. The molecule has 2 rings (SSSR count). The van der Waals surface area contributed by atoms with E-state index in [2.05, 4.69) is 18.7 Å². The molecule has 0 spiro atoms. The van der Waals surface area contributed by atoms with Crippen molar-refractivity contribution in [3.05, 3.63) is 29.3 Å². The minimum absolute atomic E-state index is 0.101. The molecule has 1 aromatic rings. The second-order valence-electron chi connectivity index (χ2n) is 5.37. The van der Waals surface area contributed by atoms with Crippen LogP contribution in [0.5, 0.6) is 5.75 Å². The van der Waals surface area contributed by atoms with Crippen molar-refractivity contribution in [2.45, 2.75) is 38.6 Å². The SMILES string of the molecule is COc1ccc(C(C)=O)cc1CN1CCSC(C)C1C. The molecular weight excluding hydrogens is 270 g/mol. The maximum Gasteiger partial charge on any atom is 0.159 e. The van der Waals surface area contributed by atoms with Gasteiger partial charge in [0.1, 0.15) is 5.75 Å². The zero-order chi connectivity index (χ0) is 14.7. The predicted octanol–water partition coefficient (Wildman–Crippen LogP) is 3.22. The van der Waals surface area contributed by atoms with Crippen molar-refractivity contribution in [1.82, 2.24) is 4.90 Å². The van der Waals surface area contributed by atoms with Crippen LogP contribution in [0, 0.1) is 0 Å². The molecule has 4 heteroatoms. The summed E-state index contributed by atoms with van der Waals surface area (Å²) in [5.41, 5.74) is 1.86. The van der Waals surface area contributed by atoms with Gasteiger partial charge < -0.3 is 4.74 Å². The molecule has 3 nitrogen and oxygen atoms in total. The van der Waals surface area contributed by atoms with Crippen molar-refractivity contribution in [3.63, 3.8) is 0 Å². The summed E-state index contributed by atoms with van der Waals surface area (Å²) in [5.74, 6) is 2.14. The van der Waals surface area contributed by atoms with E-state index in [9.17, 15) is 4.79 Å². The number of carbonyl (C=O) groups is 1. The van der Waals surface area contributed by atoms with Crippen LogP contribution in [-0.4, -0.2) is 41.4 Å². The number of carbonyl (C=O) groups excluding carboxylic acids is 1. The van der Waals surface area contributed by atoms with Gasteiger partial charge in [0.25, 0.3) is 0 Å². The number of methoxy groups -OCH3 is 1. The molecule has 20 heavy (non-hydrogen) atoms. The Bertz CT molecular complexity index is 489. The number of thioether (sulfide) groups is 1. The molecule has 110 valence electrons. The van der Waals surface area contributed by atoms with Gasteiger partial charge in [-0.15, -0.1) is 0 Å². The molecule has 0 saturated carbocycles. The summed E-state index contributed by atoms with van der Waals surface area (Å²) in [5, 5.41) is 0.644. The van der Waals surface area contributed by atoms with E-state index in [4.69, 9.17) is 4.74 Å². The summed E-state index contributed by atoms with van der Waals surface area (Å²) in [6, 6.07) is 6.25. The van der Waals surface area contributed by atoms with Crippen LogP contribution in [0.25, 0.3) is 0 Å². The van der Waals surface area contributed by atoms with Gasteiger partial charge in [-0.1, -0.05) is 6.92 Å². The van der Waals surface area contributed by atoms with E-state index in [-0.39, 0.29) is 5.78 Å². The Morgan fingerprint density at radius 2 is 2.20 bits per heavy atom. The molecule has 1 aliphatic heterocycles. The molecule has 1 heterocycles. The first-order valence-corrected chi connectivity index (χ1v) is 8.11. The van der Waals surface area contributed by atoms with Crippen LogP contribution in [0.1, 0.15) is 36.7 Å². The van der Waals surface area contributed by atoms with Gasteiger partial charge >= 0.3 is 0 Å². The smallest absolute Gasteiger partial charge is 0.159 e. The first-order valence-electron chi connectivity index (χ1n) is 7.06. The van der Waals surface area contributed by atoms with Crippen molar-refractivity contribution in [1.29, 1.82) is 0 Å². The number of ether oxygens (including phenoxy) is 1. The Morgan fingerprint density at radius 1 is 1.45 bits per heavy atom. The average molecular weight is 293 g/mol. The quantitative estimate of drug-likeness (QED) is 0.797. The number of Topliss-reactive ketones (excluding diaryl/α,β-unsaturated/α-hetero) is 1. The highest BCUT2D eigenvalue weighted by Gasteiger charge is 2.25. The minimum atomic E-state index is 0.101. The Hall–Kier alpha value is -1.00. The van der Waals surface area contributed by atoms with E-state index >= 15 is 0 Å². The van der Waals surface area contributed by atoms with Gasteiger partial charge in [0.2, 0.25) is 0 Å². The molecule has 0 N–H and O–H groups in total. The third-order valence-corrected chi connectivity index (χ3v) is 5.41. The van der Waals surface area contributed by atoms with Gasteiger partial charge in [-0.3, -0.25) is 9.69 Å². The van der Waals surface area contributed by atoms with Crippen molar-refractivity contribution in [3.8, 4) is 5.75 Å². The lowest BCUT2D eigenvalue weighted by atomic mass is 10.1. The standard InChI is InChI=1S/C16H23NO2S/c1-11-13(3)20-8-7-17(11)10-15-9-14(12(2)18)5-6-16(15)19-4/h5-6,9,11,13H,7-8,10H2,1-4H3. The van der Waals surface area contributed by atoms with Crippen LogP contribution in [0.15, 0.2) is 18.2 Å².